The van der Waals surface area contributed by atoms with E-state index in [1.54, 1.807) is 6.20 Å². The summed E-state index contributed by atoms with van der Waals surface area (Å²) in [5.41, 5.74) is 2.69. The Kier molecular flexibility index (Phi) is 5.88. The molecule has 2 N–H and O–H groups in total. The maximum absolute atomic E-state index is 11.8. The molecule has 1 amide bonds. The zero-order chi connectivity index (χ0) is 19.2. The number of anilines is 2. The lowest BCUT2D eigenvalue weighted by Gasteiger charge is -2.13. The molecule has 3 rings (SSSR count). The number of carbonyl (C=O) groups is 1. The number of rotatable bonds is 7. The maximum atomic E-state index is 11.8. The van der Waals surface area contributed by atoms with Crippen molar-refractivity contribution in [1.29, 1.82) is 0 Å². The molecule has 0 aliphatic carbocycles. The van der Waals surface area contributed by atoms with Crippen LogP contribution in [0.3, 0.4) is 0 Å². The van der Waals surface area contributed by atoms with Gasteiger partial charge in [0, 0.05) is 16.9 Å². The molecule has 6 heteroatoms. The number of likely N-dealkylation sites (N-methyl/N-ethyl adjacent to an activating group) is 1. The van der Waals surface area contributed by atoms with E-state index < -0.39 is 0 Å². The van der Waals surface area contributed by atoms with E-state index in [1.165, 1.54) is 0 Å². The number of nitrogens with zero attached hydrogens (tertiary/aromatic N) is 2. The van der Waals surface area contributed by atoms with Gasteiger partial charge in [-0.1, -0.05) is 30.3 Å². The zero-order valence-corrected chi connectivity index (χ0v) is 15.8. The summed E-state index contributed by atoms with van der Waals surface area (Å²) in [6, 6.07) is 17.4. The third kappa shape index (κ3) is 5.18. The Balaban J connectivity index is 1.60. The topological polar surface area (TPSA) is 70.4 Å². The minimum atomic E-state index is -0.0864. The standard InChI is InChI=1S/C21H24N4O2/c1-15(21-22-13-19(27-21)16-7-5-4-6-8-16)23-17-9-11-18(12-10-17)24-20(26)14-25(2)3/h4-13,15,23H,14H2,1-3H3,(H,24,26). The van der Waals surface area contributed by atoms with Crippen molar-refractivity contribution in [3.63, 3.8) is 0 Å². The Bertz CT molecular complexity index is 873. The maximum Gasteiger partial charge on any atom is 0.238 e. The Morgan fingerprint density at radius 2 is 1.74 bits per heavy atom. The van der Waals surface area contributed by atoms with Crippen LogP contribution in [0.4, 0.5) is 11.4 Å². The summed E-state index contributed by atoms with van der Waals surface area (Å²) < 4.78 is 5.88. The van der Waals surface area contributed by atoms with Crippen molar-refractivity contribution < 1.29 is 9.21 Å². The van der Waals surface area contributed by atoms with E-state index in [0.29, 0.717) is 12.4 Å². The highest BCUT2D eigenvalue weighted by Crippen LogP contribution is 2.25. The molecule has 0 saturated carbocycles. The van der Waals surface area contributed by atoms with E-state index in [2.05, 4.69) is 15.6 Å². The summed E-state index contributed by atoms with van der Waals surface area (Å²) >= 11 is 0. The van der Waals surface area contributed by atoms with Gasteiger partial charge in [-0.3, -0.25) is 4.79 Å². The molecule has 0 saturated heterocycles. The first-order valence-electron chi connectivity index (χ1n) is 8.83. The van der Waals surface area contributed by atoms with Crippen LogP contribution in [-0.4, -0.2) is 36.4 Å². The van der Waals surface area contributed by atoms with Crippen molar-refractivity contribution >= 4 is 17.3 Å². The number of carbonyl (C=O) groups excluding carboxylic acids is 1. The minimum Gasteiger partial charge on any atom is -0.438 e. The van der Waals surface area contributed by atoms with E-state index in [1.807, 2.05) is 80.5 Å². The van der Waals surface area contributed by atoms with Crippen LogP contribution in [0.25, 0.3) is 11.3 Å². The second-order valence-electron chi connectivity index (χ2n) is 6.66. The molecular weight excluding hydrogens is 340 g/mol. The highest BCUT2D eigenvalue weighted by atomic mass is 16.4. The summed E-state index contributed by atoms with van der Waals surface area (Å²) in [7, 11) is 3.72. The molecule has 1 heterocycles. The predicted molar refractivity (Wildman–Crippen MR) is 108 cm³/mol. The average molecular weight is 364 g/mol. The van der Waals surface area contributed by atoms with Gasteiger partial charge in [0.15, 0.2) is 5.76 Å². The molecule has 6 nitrogen and oxygen atoms in total. The molecule has 0 spiro atoms. The largest absolute Gasteiger partial charge is 0.438 e. The third-order valence-corrected chi connectivity index (χ3v) is 3.96. The van der Waals surface area contributed by atoms with Crippen molar-refractivity contribution in [1.82, 2.24) is 9.88 Å². The van der Waals surface area contributed by atoms with Gasteiger partial charge in [-0.15, -0.1) is 0 Å². The smallest absolute Gasteiger partial charge is 0.238 e. The van der Waals surface area contributed by atoms with Crippen LogP contribution in [0.2, 0.25) is 0 Å². The monoisotopic (exact) mass is 364 g/mol. The van der Waals surface area contributed by atoms with E-state index in [-0.39, 0.29) is 11.9 Å². The lowest BCUT2D eigenvalue weighted by atomic mass is 10.2. The summed E-state index contributed by atoms with van der Waals surface area (Å²) in [5.74, 6) is 1.33. The van der Waals surface area contributed by atoms with Gasteiger partial charge in [0.25, 0.3) is 0 Å². The molecule has 3 aromatic rings. The van der Waals surface area contributed by atoms with E-state index in [0.717, 1.165) is 22.7 Å². The fraction of sp³-hybridized carbons (Fsp3) is 0.238. The van der Waals surface area contributed by atoms with Gasteiger partial charge in [0.2, 0.25) is 11.8 Å². The molecular formula is C21H24N4O2. The molecule has 27 heavy (non-hydrogen) atoms. The number of amides is 1. The second kappa shape index (κ2) is 8.51. The van der Waals surface area contributed by atoms with E-state index in [9.17, 15) is 4.79 Å². The van der Waals surface area contributed by atoms with Crippen LogP contribution in [0, 0.1) is 0 Å². The molecule has 0 fully saturated rings. The first-order chi connectivity index (χ1) is 13.0. The van der Waals surface area contributed by atoms with Crippen LogP contribution < -0.4 is 10.6 Å². The van der Waals surface area contributed by atoms with Gasteiger partial charge >= 0.3 is 0 Å². The number of hydrogen-bond acceptors (Lipinski definition) is 5. The molecule has 1 unspecified atom stereocenters. The zero-order valence-electron chi connectivity index (χ0n) is 15.8. The average Bonchev–Trinajstić information content (AvgIpc) is 3.14. The van der Waals surface area contributed by atoms with Crippen molar-refractivity contribution in [3.8, 4) is 11.3 Å². The predicted octanol–water partition coefficient (Wildman–Crippen LogP) is 4.01. The normalized spacial score (nSPS) is 12.0. The molecule has 0 aliphatic heterocycles. The van der Waals surface area contributed by atoms with E-state index >= 15 is 0 Å². The summed E-state index contributed by atoms with van der Waals surface area (Å²) in [4.78, 5) is 18.0. The van der Waals surface area contributed by atoms with Gasteiger partial charge in [-0.05, 0) is 45.3 Å². The first kappa shape index (κ1) is 18.7. The van der Waals surface area contributed by atoms with Crippen LogP contribution in [0.15, 0.2) is 65.2 Å². The second-order valence-corrected chi connectivity index (χ2v) is 6.66. The number of aromatic nitrogens is 1. The van der Waals surface area contributed by atoms with Crippen LogP contribution >= 0.6 is 0 Å². The van der Waals surface area contributed by atoms with Crippen LogP contribution in [0.5, 0.6) is 0 Å². The third-order valence-electron chi connectivity index (χ3n) is 3.96. The summed E-state index contributed by atoms with van der Waals surface area (Å²) in [6.07, 6.45) is 1.74. The molecule has 1 atom stereocenters. The molecule has 1 aromatic heterocycles. The van der Waals surface area contributed by atoms with Crippen molar-refractivity contribution in [2.75, 3.05) is 31.3 Å². The van der Waals surface area contributed by atoms with E-state index in [4.69, 9.17) is 4.42 Å². The number of benzene rings is 2. The van der Waals surface area contributed by atoms with Crippen molar-refractivity contribution in [2.45, 2.75) is 13.0 Å². The Morgan fingerprint density at radius 1 is 1.07 bits per heavy atom. The number of hydrogen-bond donors (Lipinski definition) is 2. The van der Waals surface area contributed by atoms with Crippen molar-refractivity contribution in [2.24, 2.45) is 0 Å². The fourth-order valence-electron chi connectivity index (χ4n) is 2.67. The van der Waals surface area contributed by atoms with Gasteiger partial charge in [-0.2, -0.15) is 0 Å². The van der Waals surface area contributed by atoms with Crippen molar-refractivity contribution in [3.05, 3.63) is 66.7 Å². The molecule has 0 radical (unpaired) electrons. The summed E-state index contributed by atoms with van der Waals surface area (Å²) in [5, 5.41) is 6.23. The molecule has 140 valence electrons. The van der Waals surface area contributed by atoms with Gasteiger partial charge in [0.05, 0.1) is 12.7 Å². The molecule has 0 bridgehead atoms. The van der Waals surface area contributed by atoms with Gasteiger partial charge in [0.1, 0.15) is 6.04 Å². The SMILES string of the molecule is CC(Nc1ccc(NC(=O)CN(C)C)cc1)c1ncc(-c2ccccc2)o1. The minimum absolute atomic E-state index is 0.0395. The van der Waals surface area contributed by atoms with Gasteiger partial charge < -0.3 is 20.0 Å². The number of nitrogens with one attached hydrogen (secondary N) is 2. The van der Waals surface area contributed by atoms with Crippen LogP contribution in [0.1, 0.15) is 18.9 Å². The first-order valence-corrected chi connectivity index (χ1v) is 8.83. The highest BCUT2D eigenvalue weighted by molar-refractivity contribution is 5.92. The Labute approximate surface area is 159 Å². The number of oxazole rings is 1. The quantitative estimate of drug-likeness (QED) is 0.663. The molecule has 0 aliphatic rings. The Hall–Kier alpha value is -3.12. The lowest BCUT2D eigenvalue weighted by Crippen LogP contribution is -2.27. The molecule has 2 aromatic carbocycles. The summed E-state index contributed by atoms with van der Waals surface area (Å²) in [6.45, 7) is 2.35. The lowest BCUT2D eigenvalue weighted by molar-refractivity contribution is -0.116. The van der Waals surface area contributed by atoms with Gasteiger partial charge in [-0.25, -0.2) is 4.98 Å². The fourth-order valence-corrected chi connectivity index (χ4v) is 2.67. The highest BCUT2D eigenvalue weighted by Gasteiger charge is 2.13. The Morgan fingerprint density at radius 3 is 2.41 bits per heavy atom. The van der Waals surface area contributed by atoms with Crippen LogP contribution in [-0.2, 0) is 4.79 Å².